The van der Waals surface area contributed by atoms with E-state index in [2.05, 4.69) is 0 Å². The van der Waals surface area contributed by atoms with Gasteiger partial charge in [0, 0.05) is 6.42 Å². The number of carboxylic acid groups (broad SMARTS) is 1. The monoisotopic (exact) mass is 172 g/mol. The molecule has 1 atom stereocenters. The average molecular weight is 172 g/mol. The van der Waals surface area contributed by atoms with Crippen molar-refractivity contribution >= 4 is 11.9 Å². The summed E-state index contributed by atoms with van der Waals surface area (Å²) in [7, 11) is 0. The van der Waals surface area contributed by atoms with E-state index in [1.165, 1.54) is 6.92 Å². The van der Waals surface area contributed by atoms with E-state index >= 15 is 0 Å². The molecule has 0 radical (unpaired) electrons. The molecule has 1 N–H and O–H groups in total. The normalized spacial score (nSPS) is 33.1. The van der Waals surface area contributed by atoms with Crippen molar-refractivity contribution in [1.82, 2.24) is 0 Å². The van der Waals surface area contributed by atoms with Gasteiger partial charge in [-0.1, -0.05) is 0 Å². The summed E-state index contributed by atoms with van der Waals surface area (Å²) in [6, 6.07) is 0. The number of aliphatic carboxylic acids is 1. The van der Waals surface area contributed by atoms with Gasteiger partial charge in [-0.15, -0.1) is 0 Å². The molecule has 0 aromatic heterocycles. The van der Waals surface area contributed by atoms with Crippen molar-refractivity contribution in [2.45, 2.75) is 32.8 Å². The van der Waals surface area contributed by atoms with E-state index < -0.39 is 23.0 Å². The lowest BCUT2D eigenvalue weighted by Crippen LogP contribution is -2.32. The van der Waals surface area contributed by atoms with Crippen LogP contribution in [0.4, 0.5) is 0 Å². The largest absolute Gasteiger partial charge is 0.480 e. The Labute approximate surface area is 70.5 Å². The number of rotatable bonds is 1. The van der Waals surface area contributed by atoms with Crippen LogP contribution >= 0.6 is 0 Å². The highest BCUT2D eigenvalue weighted by Crippen LogP contribution is 2.39. The van der Waals surface area contributed by atoms with Crippen LogP contribution in [0, 0.1) is 5.41 Å². The summed E-state index contributed by atoms with van der Waals surface area (Å²) in [6.45, 7) is 4.81. The van der Waals surface area contributed by atoms with Crippen molar-refractivity contribution < 1.29 is 19.4 Å². The molecular formula is C8H12O4. The molecule has 0 amide bonds. The highest BCUT2D eigenvalue weighted by atomic mass is 16.6. The van der Waals surface area contributed by atoms with Crippen LogP contribution in [-0.4, -0.2) is 22.6 Å². The number of cyclic esters (lactones) is 1. The molecule has 4 heteroatoms. The maximum Gasteiger partial charge on any atom is 0.323 e. The molecule has 1 heterocycles. The van der Waals surface area contributed by atoms with Crippen molar-refractivity contribution in [2.24, 2.45) is 5.41 Å². The number of hydrogen-bond acceptors (Lipinski definition) is 3. The van der Waals surface area contributed by atoms with Crippen molar-refractivity contribution in [2.75, 3.05) is 0 Å². The Balaban J connectivity index is 2.97. The van der Waals surface area contributed by atoms with E-state index in [1.807, 2.05) is 0 Å². The topological polar surface area (TPSA) is 63.6 Å². The summed E-state index contributed by atoms with van der Waals surface area (Å²) in [5.74, 6) is -1.75. The van der Waals surface area contributed by atoms with Crippen LogP contribution in [0.1, 0.15) is 27.2 Å². The predicted octanol–water partition coefficient (Wildman–Crippen LogP) is 0.803. The summed E-state index contributed by atoms with van der Waals surface area (Å²) in [4.78, 5) is 21.9. The lowest BCUT2D eigenvalue weighted by atomic mass is 9.83. The van der Waals surface area contributed by atoms with E-state index in [9.17, 15) is 9.59 Å². The first-order valence-corrected chi connectivity index (χ1v) is 3.75. The minimum Gasteiger partial charge on any atom is -0.480 e. The van der Waals surface area contributed by atoms with Crippen LogP contribution < -0.4 is 0 Å². The Kier molecular flexibility index (Phi) is 1.67. The Bertz CT molecular complexity index is 243. The van der Waals surface area contributed by atoms with E-state index in [4.69, 9.17) is 9.84 Å². The van der Waals surface area contributed by atoms with Gasteiger partial charge in [-0.25, -0.2) is 0 Å². The van der Waals surface area contributed by atoms with Crippen LogP contribution in [0.2, 0.25) is 0 Å². The Morgan fingerprint density at radius 1 is 1.50 bits per heavy atom. The van der Waals surface area contributed by atoms with Crippen LogP contribution in [0.15, 0.2) is 0 Å². The lowest BCUT2D eigenvalue weighted by Gasteiger charge is -2.15. The van der Waals surface area contributed by atoms with Gasteiger partial charge in [0.2, 0.25) is 0 Å². The van der Waals surface area contributed by atoms with Crippen molar-refractivity contribution in [1.29, 1.82) is 0 Å². The Hall–Kier alpha value is -1.06. The van der Waals surface area contributed by atoms with Gasteiger partial charge in [0.1, 0.15) is 5.60 Å². The summed E-state index contributed by atoms with van der Waals surface area (Å²) < 4.78 is 4.91. The number of carbonyl (C=O) groups is 2. The number of ether oxygens (including phenoxy) is 1. The third-order valence-corrected chi connectivity index (χ3v) is 2.07. The lowest BCUT2D eigenvalue weighted by molar-refractivity contribution is -0.161. The van der Waals surface area contributed by atoms with Crippen LogP contribution in [0.5, 0.6) is 0 Å². The number of esters is 1. The maximum absolute atomic E-state index is 11.2. The number of carboxylic acids is 1. The zero-order valence-electron chi connectivity index (χ0n) is 7.38. The van der Waals surface area contributed by atoms with E-state index in [-0.39, 0.29) is 6.42 Å². The van der Waals surface area contributed by atoms with E-state index in [0.29, 0.717) is 0 Å². The minimum atomic E-state index is -1.36. The molecular weight excluding hydrogens is 160 g/mol. The fourth-order valence-electron chi connectivity index (χ4n) is 1.49. The predicted molar refractivity (Wildman–Crippen MR) is 40.5 cm³/mol. The van der Waals surface area contributed by atoms with Crippen molar-refractivity contribution in [3.8, 4) is 0 Å². The Morgan fingerprint density at radius 3 is 2.17 bits per heavy atom. The average Bonchev–Trinajstić information content (AvgIpc) is 2.03. The summed E-state index contributed by atoms with van der Waals surface area (Å²) in [5, 5.41) is 8.77. The van der Waals surface area contributed by atoms with E-state index in [1.54, 1.807) is 13.8 Å². The van der Waals surface area contributed by atoms with Crippen LogP contribution in [0.25, 0.3) is 0 Å². The molecule has 12 heavy (non-hydrogen) atoms. The zero-order chi connectivity index (χ0) is 9.57. The SMILES string of the molecule is CC1(C)CC(C)(C(=O)O)C(=O)O1. The molecule has 0 aliphatic carbocycles. The molecule has 1 fully saturated rings. The van der Waals surface area contributed by atoms with E-state index in [0.717, 1.165) is 0 Å². The molecule has 0 bridgehead atoms. The molecule has 1 saturated heterocycles. The third kappa shape index (κ3) is 1.17. The molecule has 1 unspecified atom stereocenters. The van der Waals surface area contributed by atoms with Gasteiger partial charge in [-0.2, -0.15) is 0 Å². The van der Waals surface area contributed by atoms with Gasteiger partial charge in [-0.05, 0) is 20.8 Å². The molecule has 0 aromatic carbocycles. The second kappa shape index (κ2) is 2.21. The third-order valence-electron chi connectivity index (χ3n) is 2.07. The summed E-state index contributed by atoms with van der Waals surface area (Å²) in [6.07, 6.45) is 0.230. The number of hydrogen-bond donors (Lipinski definition) is 1. The van der Waals surface area contributed by atoms with Crippen molar-refractivity contribution in [3.63, 3.8) is 0 Å². The Morgan fingerprint density at radius 2 is 2.00 bits per heavy atom. The van der Waals surface area contributed by atoms with Gasteiger partial charge < -0.3 is 9.84 Å². The summed E-state index contributed by atoms with van der Waals surface area (Å²) in [5.41, 5.74) is -2.01. The number of carbonyl (C=O) groups excluding carboxylic acids is 1. The van der Waals surface area contributed by atoms with Crippen molar-refractivity contribution in [3.05, 3.63) is 0 Å². The first-order valence-electron chi connectivity index (χ1n) is 3.75. The van der Waals surface area contributed by atoms with Crippen LogP contribution in [-0.2, 0) is 14.3 Å². The first kappa shape index (κ1) is 9.03. The highest BCUT2D eigenvalue weighted by Gasteiger charge is 2.54. The molecule has 1 rings (SSSR count). The second-order valence-corrected chi connectivity index (χ2v) is 3.96. The quantitative estimate of drug-likeness (QED) is 0.469. The fraction of sp³-hybridized carbons (Fsp3) is 0.750. The van der Waals surface area contributed by atoms with Gasteiger partial charge in [0.15, 0.2) is 5.41 Å². The molecule has 0 spiro atoms. The first-order chi connectivity index (χ1) is 5.28. The molecule has 0 saturated carbocycles. The summed E-state index contributed by atoms with van der Waals surface area (Å²) >= 11 is 0. The minimum absolute atomic E-state index is 0.230. The molecule has 1 aliphatic heterocycles. The smallest absolute Gasteiger partial charge is 0.323 e. The molecule has 4 nitrogen and oxygen atoms in total. The molecule has 0 aromatic rings. The second-order valence-electron chi connectivity index (χ2n) is 3.96. The van der Waals surface area contributed by atoms with Gasteiger partial charge >= 0.3 is 11.9 Å². The standard InChI is InChI=1S/C8H12O4/c1-7(2)4-8(3,5(9)10)6(11)12-7/h4H2,1-3H3,(H,9,10). The van der Waals surface area contributed by atoms with Crippen LogP contribution in [0.3, 0.4) is 0 Å². The molecule has 68 valence electrons. The van der Waals surface area contributed by atoms with Gasteiger partial charge in [0.05, 0.1) is 0 Å². The molecule has 1 aliphatic rings. The van der Waals surface area contributed by atoms with Gasteiger partial charge in [0.25, 0.3) is 0 Å². The highest BCUT2D eigenvalue weighted by molar-refractivity contribution is 6.00. The maximum atomic E-state index is 11.2. The zero-order valence-corrected chi connectivity index (χ0v) is 7.38. The fourth-order valence-corrected chi connectivity index (χ4v) is 1.49. The van der Waals surface area contributed by atoms with Gasteiger partial charge in [-0.3, -0.25) is 9.59 Å².